The standard InChI is InChI=1S/C42H37N3/c43-19-31-18-34-39(37-28-10-21-6-22(11-28)9-27(8-21)36(31)37)32-16-26(25-4-2-1-3-5-25)17-33-40-35(45(34)42(32)33)20-44-41-30-14-23-7-24(15-30)13-29(12-23)38(40)41/h1-5,16-18,20-24,27-30H,6-15H2. The number of aromatic nitrogens is 2. The Morgan fingerprint density at radius 1 is 0.600 bits per heavy atom. The molecule has 4 saturated carbocycles. The molecule has 8 bridgehead atoms. The number of fused-ring (bicyclic) bond motifs is 6. The topological polar surface area (TPSA) is 41.1 Å². The number of hydrogen-bond donors (Lipinski definition) is 0. The Morgan fingerprint density at radius 2 is 1.18 bits per heavy atom. The van der Waals surface area contributed by atoms with Crippen LogP contribution >= 0.6 is 0 Å². The van der Waals surface area contributed by atoms with Crippen molar-refractivity contribution in [1.29, 1.82) is 5.26 Å². The highest BCUT2D eigenvalue weighted by molar-refractivity contribution is 6.26. The average Bonchev–Trinajstić information content (AvgIpc) is 3.43. The molecular weight excluding hydrogens is 546 g/mol. The predicted molar refractivity (Wildman–Crippen MR) is 180 cm³/mol. The first-order valence-electron chi connectivity index (χ1n) is 17.9. The molecule has 4 unspecified atom stereocenters. The second-order valence-electron chi connectivity index (χ2n) is 16.3. The first-order chi connectivity index (χ1) is 22.2. The Balaban J connectivity index is 1.27. The summed E-state index contributed by atoms with van der Waals surface area (Å²) in [6.07, 6.45) is 15.6. The molecule has 0 spiro atoms. The summed E-state index contributed by atoms with van der Waals surface area (Å²) in [5.74, 6) is 5.75. The van der Waals surface area contributed by atoms with E-state index in [1.165, 1.54) is 125 Å². The summed E-state index contributed by atoms with van der Waals surface area (Å²) in [4.78, 5) is 5.41. The summed E-state index contributed by atoms with van der Waals surface area (Å²) in [7, 11) is 0. The van der Waals surface area contributed by atoms with Crippen molar-refractivity contribution in [3.8, 4) is 17.2 Å². The van der Waals surface area contributed by atoms with E-state index >= 15 is 0 Å². The summed E-state index contributed by atoms with van der Waals surface area (Å²) >= 11 is 0. The number of nitrogens with zero attached hydrogens (tertiary/aromatic N) is 3. The third kappa shape index (κ3) is 3.01. The Morgan fingerprint density at radius 3 is 1.82 bits per heavy atom. The molecule has 0 aliphatic heterocycles. The molecule has 3 heterocycles. The molecule has 45 heavy (non-hydrogen) atoms. The summed E-state index contributed by atoms with van der Waals surface area (Å²) in [6.45, 7) is 0. The molecule has 4 atom stereocenters. The Bertz CT molecular complexity index is 2270. The minimum Gasteiger partial charge on any atom is -0.306 e. The van der Waals surface area contributed by atoms with Crippen molar-refractivity contribution >= 4 is 38.1 Å². The largest absolute Gasteiger partial charge is 0.306 e. The molecule has 8 aliphatic carbocycles. The van der Waals surface area contributed by atoms with E-state index in [9.17, 15) is 5.26 Å². The lowest BCUT2D eigenvalue weighted by Crippen LogP contribution is -2.25. The Hall–Kier alpha value is -3.90. The molecule has 14 rings (SSSR count). The van der Waals surface area contributed by atoms with Gasteiger partial charge in [-0.25, -0.2) is 0 Å². The van der Waals surface area contributed by atoms with Crippen LogP contribution in [0.25, 0.3) is 49.2 Å². The average molecular weight is 584 g/mol. The van der Waals surface area contributed by atoms with Crippen LogP contribution in [-0.4, -0.2) is 9.38 Å². The lowest BCUT2D eigenvalue weighted by atomic mass is 9.67. The van der Waals surface area contributed by atoms with Crippen molar-refractivity contribution in [2.45, 2.75) is 87.9 Å². The van der Waals surface area contributed by atoms with Crippen LogP contribution in [0.15, 0.2) is 54.7 Å². The zero-order valence-electron chi connectivity index (χ0n) is 25.7. The van der Waals surface area contributed by atoms with Crippen molar-refractivity contribution in [2.24, 2.45) is 23.7 Å². The number of benzene rings is 3. The van der Waals surface area contributed by atoms with Crippen LogP contribution in [0.3, 0.4) is 0 Å². The molecule has 3 aromatic heterocycles. The van der Waals surface area contributed by atoms with Gasteiger partial charge in [0, 0.05) is 33.2 Å². The van der Waals surface area contributed by atoms with E-state index in [1.807, 2.05) is 0 Å². The lowest BCUT2D eigenvalue weighted by Gasteiger charge is -2.38. The van der Waals surface area contributed by atoms with Gasteiger partial charge in [-0.1, -0.05) is 30.3 Å². The maximum atomic E-state index is 10.7. The van der Waals surface area contributed by atoms with Crippen molar-refractivity contribution in [3.05, 3.63) is 82.7 Å². The smallest absolute Gasteiger partial charge is 0.0995 e. The first kappa shape index (κ1) is 24.3. The molecule has 0 radical (unpaired) electrons. The van der Waals surface area contributed by atoms with Gasteiger partial charge in [0.2, 0.25) is 0 Å². The van der Waals surface area contributed by atoms with E-state index in [4.69, 9.17) is 4.98 Å². The van der Waals surface area contributed by atoms with Gasteiger partial charge < -0.3 is 4.40 Å². The second kappa shape index (κ2) is 8.27. The summed E-state index contributed by atoms with van der Waals surface area (Å²) in [5, 5.41) is 16.5. The highest BCUT2D eigenvalue weighted by Crippen LogP contribution is 2.61. The van der Waals surface area contributed by atoms with Gasteiger partial charge in [0.25, 0.3) is 0 Å². The minimum absolute atomic E-state index is 0.545. The number of nitriles is 1. The minimum atomic E-state index is 0.545. The van der Waals surface area contributed by atoms with Gasteiger partial charge in [-0.15, -0.1) is 0 Å². The monoisotopic (exact) mass is 583 g/mol. The number of hydrogen-bond acceptors (Lipinski definition) is 2. The van der Waals surface area contributed by atoms with Gasteiger partial charge in [-0.3, -0.25) is 4.98 Å². The summed E-state index contributed by atoms with van der Waals surface area (Å²) in [5.41, 5.74) is 13.5. The van der Waals surface area contributed by atoms with Crippen LogP contribution in [0.1, 0.15) is 116 Å². The highest BCUT2D eigenvalue weighted by atomic mass is 14.9. The SMILES string of the molecule is N#Cc1cc2c(c3c1C1CC4CC(C1)CC3C4)c1cc(-c3ccccc3)cc3c4c5c(ncc4n2c31)C1CC2CC(C1)CC5C2. The van der Waals surface area contributed by atoms with Crippen LogP contribution in [0.4, 0.5) is 0 Å². The van der Waals surface area contributed by atoms with E-state index in [1.54, 1.807) is 11.1 Å². The van der Waals surface area contributed by atoms with Gasteiger partial charge in [-0.05, 0) is 152 Å². The van der Waals surface area contributed by atoms with E-state index < -0.39 is 0 Å². The molecule has 6 aromatic rings. The van der Waals surface area contributed by atoms with E-state index in [0.717, 1.165) is 29.2 Å². The number of pyridine rings is 1. The third-order valence-electron chi connectivity index (χ3n) is 14.0. The quantitative estimate of drug-likeness (QED) is 0.193. The summed E-state index contributed by atoms with van der Waals surface area (Å²) < 4.78 is 2.57. The molecule has 0 N–H and O–H groups in total. The number of rotatable bonds is 1. The molecule has 0 amide bonds. The molecule has 220 valence electrons. The van der Waals surface area contributed by atoms with Crippen LogP contribution in [0, 0.1) is 35.0 Å². The first-order valence-corrected chi connectivity index (χ1v) is 17.9. The fourth-order valence-electron chi connectivity index (χ4n) is 12.9. The molecular formula is C42H37N3. The van der Waals surface area contributed by atoms with Crippen molar-refractivity contribution in [3.63, 3.8) is 0 Å². The summed E-state index contributed by atoms with van der Waals surface area (Å²) in [6, 6.07) is 21.2. The Labute approximate surface area is 263 Å². The predicted octanol–water partition coefficient (Wildman–Crippen LogP) is 10.6. The zero-order chi connectivity index (χ0) is 29.1. The molecule has 3 heteroatoms. The fourth-order valence-corrected chi connectivity index (χ4v) is 12.9. The van der Waals surface area contributed by atoms with Crippen molar-refractivity contribution in [2.75, 3.05) is 0 Å². The van der Waals surface area contributed by atoms with Gasteiger partial charge in [0.1, 0.15) is 0 Å². The second-order valence-corrected chi connectivity index (χ2v) is 16.3. The van der Waals surface area contributed by atoms with Crippen molar-refractivity contribution < 1.29 is 0 Å². The van der Waals surface area contributed by atoms with Crippen molar-refractivity contribution in [1.82, 2.24) is 9.38 Å². The zero-order valence-corrected chi connectivity index (χ0v) is 25.7. The van der Waals surface area contributed by atoms with Gasteiger partial charge in [0.05, 0.1) is 34.4 Å². The van der Waals surface area contributed by atoms with Gasteiger partial charge >= 0.3 is 0 Å². The molecule has 3 nitrogen and oxygen atoms in total. The van der Waals surface area contributed by atoms with E-state index in [2.05, 4.69) is 65.2 Å². The lowest BCUT2D eigenvalue weighted by molar-refractivity contribution is 0.165. The van der Waals surface area contributed by atoms with Crippen LogP contribution in [-0.2, 0) is 0 Å². The molecule has 0 saturated heterocycles. The third-order valence-corrected chi connectivity index (χ3v) is 14.0. The molecule has 3 aromatic carbocycles. The van der Waals surface area contributed by atoms with Gasteiger partial charge in [-0.2, -0.15) is 5.26 Å². The van der Waals surface area contributed by atoms with Crippen LogP contribution in [0.5, 0.6) is 0 Å². The van der Waals surface area contributed by atoms with Crippen LogP contribution in [0.2, 0.25) is 0 Å². The van der Waals surface area contributed by atoms with E-state index in [-0.39, 0.29) is 0 Å². The fraction of sp³-hybridized carbons (Fsp3) is 0.429. The van der Waals surface area contributed by atoms with Gasteiger partial charge in [0.15, 0.2) is 0 Å². The molecule has 8 aliphatic rings. The maximum absolute atomic E-state index is 10.7. The maximum Gasteiger partial charge on any atom is 0.0995 e. The molecule has 4 fully saturated rings. The van der Waals surface area contributed by atoms with Crippen LogP contribution < -0.4 is 0 Å². The van der Waals surface area contributed by atoms with E-state index in [0.29, 0.717) is 23.7 Å². The highest BCUT2D eigenvalue weighted by Gasteiger charge is 2.46. The normalized spacial score (nSPS) is 32.4. The Kier molecular flexibility index (Phi) is 4.47.